The Morgan fingerprint density at radius 1 is 1.35 bits per heavy atom. The van der Waals surface area contributed by atoms with E-state index in [1.165, 1.54) is 30.4 Å². The summed E-state index contributed by atoms with van der Waals surface area (Å²) in [5, 5.41) is 0. The molecule has 2 nitrogen and oxygen atoms in total. The smallest absolute Gasteiger partial charge is 0.138 e. The van der Waals surface area contributed by atoms with Gasteiger partial charge in [0.15, 0.2) is 0 Å². The van der Waals surface area contributed by atoms with E-state index in [0.717, 1.165) is 12.0 Å². The van der Waals surface area contributed by atoms with Gasteiger partial charge in [0, 0.05) is 18.9 Å². The van der Waals surface area contributed by atoms with Crippen molar-refractivity contribution in [1.82, 2.24) is 0 Å². The first-order valence-electron chi connectivity index (χ1n) is 6.57. The lowest BCUT2D eigenvalue weighted by atomic mass is 9.99. The highest BCUT2D eigenvalue weighted by molar-refractivity contribution is 5.81. The molecule has 0 amide bonds. The average molecular weight is 231 g/mol. The number of nitrogens with two attached hydrogens (primary N) is 1. The summed E-state index contributed by atoms with van der Waals surface area (Å²) in [6.07, 6.45) is 5.55. The molecule has 1 unspecified atom stereocenters. The van der Waals surface area contributed by atoms with E-state index >= 15 is 0 Å². The highest BCUT2D eigenvalue weighted by Gasteiger charge is 2.13. The SMILES string of the molecule is CCC(N)CC(=O)Cc1ccc2c(c1)CCC2. The second-order valence-corrected chi connectivity index (χ2v) is 5.04. The van der Waals surface area contributed by atoms with Gasteiger partial charge in [0.25, 0.3) is 0 Å². The number of carbonyl (C=O) groups excluding carboxylic acids is 1. The van der Waals surface area contributed by atoms with Gasteiger partial charge in [0.2, 0.25) is 0 Å². The van der Waals surface area contributed by atoms with Crippen LogP contribution in [0.1, 0.15) is 42.9 Å². The topological polar surface area (TPSA) is 43.1 Å². The van der Waals surface area contributed by atoms with Gasteiger partial charge in [-0.2, -0.15) is 0 Å². The zero-order valence-corrected chi connectivity index (χ0v) is 10.5. The number of fused-ring (bicyclic) bond motifs is 1. The molecule has 1 aliphatic rings. The summed E-state index contributed by atoms with van der Waals surface area (Å²) in [6, 6.07) is 6.51. The molecule has 1 atom stereocenters. The van der Waals surface area contributed by atoms with Gasteiger partial charge in [-0.15, -0.1) is 0 Å². The minimum atomic E-state index is 0.0249. The highest BCUT2D eigenvalue weighted by Crippen LogP contribution is 2.23. The number of hydrogen-bond acceptors (Lipinski definition) is 2. The summed E-state index contributed by atoms with van der Waals surface area (Å²) in [5.74, 6) is 0.261. The molecule has 0 heterocycles. The number of aryl methyl sites for hydroxylation is 2. The van der Waals surface area contributed by atoms with Gasteiger partial charge in [-0.05, 0) is 42.4 Å². The predicted molar refractivity (Wildman–Crippen MR) is 70.1 cm³/mol. The minimum absolute atomic E-state index is 0.0249. The number of ketones is 1. The van der Waals surface area contributed by atoms with Crippen LogP contribution in [0, 0.1) is 0 Å². The lowest BCUT2D eigenvalue weighted by Crippen LogP contribution is -2.23. The van der Waals surface area contributed by atoms with Crippen molar-refractivity contribution < 1.29 is 4.79 Å². The van der Waals surface area contributed by atoms with E-state index in [4.69, 9.17) is 5.73 Å². The fraction of sp³-hybridized carbons (Fsp3) is 0.533. The third-order valence-electron chi connectivity index (χ3n) is 3.58. The lowest BCUT2D eigenvalue weighted by Gasteiger charge is -2.08. The van der Waals surface area contributed by atoms with Crippen molar-refractivity contribution in [1.29, 1.82) is 0 Å². The quantitative estimate of drug-likeness (QED) is 0.845. The summed E-state index contributed by atoms with van der Waals surface area (Å²) in [5.41, 5.74) is 9.85. The van der Waals surface area contributed by atoms with Crippen molar-refractivity contribution in [2.45, 2.75) is 51.5 Å². The molecule has 2 N–H and O–H groups in total. The van der Waals surface area contributed by atoms with Crippen LogP contribution >= 0.6 is 0 Å². The van der Waals surface area contributed by atoms with Crippen molar-refractivity contribution in [3.8, 4) is 0 Å². The molecule has 2 rings (SSSR count). The first-order chi connectivity index (χ1) is 8.19. The molecule has 2 heteroatoms. The normalized spacial score (nSPS) is 15.6. The first-order valence-corrected chi connectivity index (χ1v) is 6.57. The fourth-order valence-electron chi connectivity index (χ4n) is 2.47. The maximum absolute atomic E-state index is 11.8. The number of Topliss-reactive ketones (excluding diaryl/α,β-unsaturated/α-hetero) is 1. The predicted octanol–water partition coefficient (Wildman–Crippen LogP) is 2.41. The van der Waals surface area contributed by atoms with E-state index in [1.807, 2.05) is 6.92 Å². The molecule has 1 aromatic carbocycles. The van der Waals surface area contributed by atoms with Crippen LogP contribution in [0.3, 0.4) is 0 Å². The molecular formula is C15H21NO. The van der Waals surface area contributed by atoms with E-state index in [0.29, 0.717) is 12.8 Å². The Morgan fingerprint density at radius 2 is 2.12 bits per heavy atom. The van der Waals surface area contributed by atoms with Crippen molar-refractivity contribution in [3.63, 3.8) is 0 Å². The minimum Gasteiger partial charge on any atom is -0.327 e. The van der Waals surface area contributed by atoms with Crippen LogP contribution in [0.5, 0.6) is 0 Å². The summed E-state index contributed by atoms with van der Waals surface area (Å²) >= 11 is 0. The summed E-state index contributed by atoms with van der Waals surface area (Å²) in [6.45, 7) is 2.02. The number of benzene rings is 1. The van der Waals surface area contributed by atoms with E-state index in [1.54, 1.807) is 0 Å². The van der Waals surface area contributed by atoms with E-state index in [2.05, 4.69) is 18.2 Å². The molecule has 0 aromatic heterocycles. The van der Waals surface area contributed by atoms with E-state index in [9.17, 15) is 4.79 Å². The average Bonchev–Trinajstić information content (AvgIpc) is 2.75. The second-order valence-electron chi connectivity index (χ2n) is 5.04. The molecule has 1 aliphatic carbocycles. The van der Waals surface area contributed by atoms with E-state index < -0.39 is 0 Å². The monoisotopic (exact) mass is 231 g/mol. The molecule has 0 aliphatic heterocycles. The molecule has 0 radical (unpaired) electrons. The zero-order valence-electron chi connectivity index (χ0n) is 10.5. The molecule has 0 saturated carbocycles. The molecule has 0 fully saturated rings. The van der Waals surface area contributed by atoms with Gasteiger partial charge in [-0.3, -0.25) is 4.79 Å². The number of carbonyl (C=O) groups is 1. The highest BCUT2D eigenvalue weighted by atomic mass is 16.1. The van der Waals surface area contributed by atoms with Crippen LogP contribution in [0.2, 0.25) is 0 Å². The van der Waals surface area contributed by atoms with Crippen LogP contribution in [0.4, 0.5) is 0 Å². The van der Waals surface area contributed by atoms with Crippen molar-refractivity contribution >= 4 is 5.78 Å². The summed E-state index contributed by atoms with van der Waals surface area (Å²) in [7, 11) is 0. The van der Waals surface area contributed by atoms with Crippen molar-refractivity contribution in [2.24, 2.45) is 5.73 Å². The molecule has 0 spiro atoms. The third-order valence-corrected chi connectivity index (χ3v) is 3.58. The van der Waals surface area contributed by atoms with E-state index in [-0.39, 0.29) is 11.8 Å². The standard InChI is InChI=1S/C15H21NO/c1-2-14(16)10-15(17)9-11-6-7-12-4-3-5-13(12)8-11/h6-8,14H,2-5,9-10,16H2,1H3. The Balaban J connectivity index is 1.97. The van der Waals surface area contributed by atoms with Gasteiger partial charge in [0.1, 0.15) is 5.78 Å². The lowest BCUT2D eigenvalue weighted by molar-refractivity contribution is -0.118. The van der Waals surface area contributed by atoms with Crippen molar-refractivity contribution in [2.75, 3.05) is 0 Å². The third kappa shape index (κ3) is 3.16. The Morgan fingerprint density at radius 3 is 2.88 bits per heavy atom. The van der Waals surface area contributed by atoms with Gasteiger partial charge in [-0.25, -0.2) is 0 Å². The molecule has 0 bridgehead atoms. The van der Waals surface area contributed by atoms with Crippen LogP contribution in [0.25, 0.3) is 0 Å². The van der Waals surface area contributed by atoms with Crippen LogP contribution < -0.4 is 5.73 Å². The molecule has 0 saturated heterocycles. The number of rotatable bonds is 5. The zero-order chi connectivity index (χ0) is 12.3. The Hall–Kier alpha value is -1.15. The Labute approximate surface area is 103 Å². The summed E-state index contributed by atoms with van der Waals surface area (Å²) < 4.78 is 0. The van der Waals surface area contributed by atoms with Gasteiger partial charge in [-0.1, -0.05) is 25.1 Å². The van der Waals surface area contributed by atoms with Crippen LogP contribution in [-0.4, -0.2) is 11.8 Å². The van der Waals surface area contributed by atoms with Gasteiger partial charge in [0.05, 0.1) is 0 Å². The molecule has 92 valence electrons. The second kappa shape index (κ2) is 5.46. The fourth-order valence-corrected chi connectivity index (χ4v) is 2.47. The molecule has 1 aromatic rings. The van der Waals surface area contributed by atoms with Gasteiger partial charge < -0.3 is 5.73 Å². The molecular weight excluding hydrogens is 210 g/mol. The van der Waals surface area contributed by atoms with Crippen LogP contribution in [-0.2, 0) is 24.1 Å². The largest absolute Gasteiger partial charge is 0.327 e. The maximum atomic E-state index is 11.8. The Bertz CT molecular complexity index is 411. The van der Waals surface area contributed by atoms with Gasteiger partial charge >= 0.3 is 0 Å². The maximum Gasteiger partial charge on any atom is 0.138 e. The number of hydrogen-bond donors (Lipinski definition) is 1. The molecule has 17 heavy (non-hydrogen) atoms. The van der Waals surface area contributed by atoms with Crippen LogP contribution in [0.15, 0.2) is 18.2 Å². The first kappa shape index (κ1) is 12.3. The summed E-state index contributed by atoms with van der Waals surface area (Å²) in [4.78, 5) is 11.8. The Kier molecular flexibility index (Phi) is 3.95. The van der Waals surface area contributed by atoms with Crippen molar-refractivity contribution in [3.05, 3.63) is 34.9 Å².